The Hall–Kier alpha value is -0.980. The molecule has 2 aliphatic rings. The van der Waals surface area contributed by atoms with Crippen molar-refractivity contribution < 1.29 is 4.74 Å². The molecular weight excluding hydrogens is 412 g/mol. The van der Waals surface area contributed by atoms with Crippen LogP contribution in [0.3, 0.4) is 0 Å². The minimum Gasteiger partial charge on any atom is -0.494 e. The number of benzene rings is 1. The van der Waals surface area contributed by atoms with Crippen molar-refractivity contribution in [3.8, 4) is 5.75 Å². The Labute approximate surface area is 212 Å². The van der Waals surface area contributed by atoms with Gasteiger partial charge in [0.1, 0.15) is 5.75 Å². The van der Waals surface area contributed by atoms with Gasteiger partial charge in [-0.2, -0.15) is 0 Å². The molecule has 0 aromatic heterocycles. The second-order valence-corrected chi connectivity index (χ2v) is 11.9. The summed E-state index contributed by atoms with van der Waals surface area (Å²) in [7, 11) is 0. The second kappa shape index (κ2) is 16.6. The quantitative estimate of drug-likeness (QED) is 0.219. The number of hydrogen-bond acceptors (Lipinski definition) is 1. The first-order chi connectivity index (χ1) is 16.8. The molecule has 2 aliphatic carbocycles. The summed E-state index contributed by atoms with van der Waals surface area (Å²) in [6.07, 6.45) is 28.5. The van der Waals surface area contributed by atoms with Gasteiger partial charge in [0.05, 0.1) is 6.61 Å². The van der Waals surface area contributed by atoms with Gasteiger partial charge in [-0.25, -0.2) is 0 Å². The van der Waals surface area contributed by atoms with Crippen molar-refractivity contribution in [2.24, 2.45) is 23.7 Å². The van der Waals surface area contributed by atoms with E-state index in [4.69, 9.17) is 4.74 Å². The zero-order chi connectivity index (χ0) is 23.8. The molecule has 0 radical (unpaired) electrons. The van der Waals surface area contributed by atoms with Crippen LogP contribution >= 0.6 is 0 Å². The van der Waals surface area contributed by atoms with E-state index in [1.54, 1.807) is 0 Å². The standard InChI is InChI=1S/C33H56O/c1-3-5-7-8-11-29-17-19-31(20-18-29)21-22-32-23-25-33(26-24-32)34-27-9-12-30-15-13-28(14-16-30)10-6-4-2/h23-26,28-31H,3-22,27H2,1-2H3. The maximum absolute atomic E-state index is 6.08. The number of rotatable bonds is 16. The van der Waals surface area contributed by atoms with E-state index in [-0.39, 0.29) is 0 Å². The first-order valence-electron chi connectivity index (χ1n) is 15.5. The molecule has 0 bridgehead atoms. The van der Waals surface area contributed by atoms with Crippen LogP contribution in [0.25, 0.3) is 0 Å². The van der Waals surface area contributed by atoms with Crippen molar-refractivity contribution in [1.82, 2.24) is 0 Å². The van der Waals surface area contributed by atoms with Crippen LogP contribution in [-0.4, -0.2) is 6.61 Å². The van der Waals surface area contributed by atoms with E-state index in [0.717, 1.165) is 36.0 Å². The summed E-state index contributed by atoms with van der Waals surface area (Å²) in [6, 6.07) is 9.04. The molecule has 2 saturated carbocycles. The molecule has 1 heteroatoms. The van der Waals surface area contributed by atoms with Crippen LogP contribution < -0.4 is 4.74 Å². The number of hydrogen-bond donors (Lipinski definition) is 0. The summed E-state index contributed by atoms with van der Waals surface area (Å²) >= 11 is 0. The predicted molar refractivity (Wildman–Crippen MR) is 149 cm³/mol. The maximum atomic E-state index is 6.08. The molecule has 3 rings (SSSR count). The highest BCUT2D eigenvalue weighted by molar-refractivity contribution is 5.27. The van der Waals surface area contributed by atoms with Gasteiger partial charge in [0.2, 0.25) is 0 Å². The molecule has 1 aromatic carbocycles. The Morgan fingerprint density at radius 3 is 1.62 bits per heavy atom. The molecule has 2 fully saturated rings. The molecule has 0 N–H and O–H groups in total. The van der Waals surface area contributed by atoms with Crippen LogP contribution in [0.4, 0.5) is 0 Å². The van der Waals surface area contributed by atoms with Crippen LogP contribution in [-0.2, 0) is 6.42 Å². The Morgan fingerprint density at radius 1 is 0.559 bits per heavy atom. The Bertz CT molecular complexity index is 604. The lowest BCUT2D eigenvalue weighted by atomic mass is 9.78. The minimum atomic E-state index is 0.886. The number of ether oxygens (including phenoxy) is 1. The normalized spacial score (nSPS) is 25.4. The van der Waals surface area contributed by atoms with Gasteiger partial charge in [-0.05, 0) is 67.1 Å². The maximum Gasteiger partial charge on any atom is 0.119 e. The summed E-state index contributed by atoms with van der Waals surface area (Å²) in [5, 5.41) is 0. The summed E-state index contributed by atoms with van der Waals surface area (Å²) in [5.41, 5.74) is 1.49. The van der Waals surface area contributed by atoms with Gasteiger partial charge < -0.3 is 4.74 Å². The van der Waals surface area contributed by atoms with Gasteiger partial charge in [-0.1, -0.05) is 129 Å². The van der Waals surface area contributed by atoms with E-state index >= 15 is 0 Å². The van der Waals surface area contributed by atoms with Gasteiger partial charge in [-0.15, -0.1) is 0 Å². The highest BCUT2D eigenvalue weighted by Gasteiger charge is 2.21. The van der Waals surface area contributed by atoms with Gasteiger partial charge >= 0.3 is 0 Å². The third-order valence-electron chi connectivity index (χ3n) is 9.15. The molecular formula is C33H56O. The minimum absolute atomic E-state index is 0.886. The van der Waals surface area contributed by atoms with Gasteiger partial charge in [0, 0.05) is 0 Å². The zero-order valence-corrected chi connectivity index (χ0v) is 22.9. The van der Waals surface area contributed by atoms with Crippen LogP contribution in [0, 0.1) is 23.7 Å². The van der Waals surface area contributed by atoms with Gasteiger partial charge in [0.15, 0.2) is 0 Å². The Balaban J connectivity index is 1.21. The highest BCUT2D eigenvalue weighted by atomic mass is 16.5. The Morgan fingerprint density at radius 2 is 1.06 bits per heavy atom. The highest BCUT2D eigenvalue weighted by Crippen LogP contribution is 2.35. The van der Waals surface area contributed by atoms with Crippen LogP contribution in [0.2, 0.25) is 0 Å². The summed E-state index contributed by atoms with van der Waals surface area (Å²) in [4.78, 5) is 0. The number of aryl methyl sites for hydroxylation is 1. The smallest absolute Gasteiger partial charge is 0.119 e. The van der Waals surface area contributed by atoms with E-state index in [0.29, 0.717) is 0 Å². The van der Waals surface area contributed by atoms with Crippen molar-refractivity contribution in [3.05, 3.63) is 29.8 Å². The fraction of sp³-hybridized carbons (Fsp3) is 0.818. The molecule has 0 aliphatic heterocycles. The third-order valence-corrected chi connectivity index (χ3v) is 9.15. The van der Waals surface area contributed by atoms with Crippen LogP contribution in [0.15, 0.2) is 24.3 Å². The molecule has 0 saturated heterocycles. The molecule has 0 spiro atoms. The SMILES string of the molecule is CCCCCCC1CCC(CCc2ccc(OCCCC3CCC(CCCC)CC3)cc2)CC1. The Kier molecular flexibility index (Phi) is 13.5. The van der Waals surface area contributed by atoms with E-state index in [1.807, 2.05) is 0 Å². The topological polar surface area (TPSA) is 9.23 Å². The summed E-state index contributed by atoms with van der Waals surface area (Å²) < 4.78 is 6.08. The van der Waals surface area contributed by atoms with Crippen molar-refractivity contribution in [2.45, 2.75) is 142 Å². The third kappa shape index (κ3) is 10.7. The summed E-state index contributed by atoms with van der Waals surface area (Å²) in [5.74, 6) is 5.05. The molecule has 0 heterocycles. The monoisotopic (exact) mass is 468 g/mol. The molecule has 1 nitrogen and oxygen atoms in total. The average molecular weight is 469 g/mol. The molecule has 0 atom stereocenters. The van der Waals surface area contributed by atoms with E-state index in [2.05, 4.69) is 38.1 Å². The largest absolute Gasteiger partial charge is 0.494 e. The van der Waals surface area contributed by atoms with Gasteiger partial charge in [0.25, 0.3) is 0 Å². The van der Waals surface area contributed by atoms with Crippen LogP contribution in [0.5, 0.6) is 5.75 Å². The fourth-order valence-corrected chi connectivity index (χ4v) is 6.66. The lowest BCUT2D eigenvalue weighted by molar-refractivity contribution is 0.228. The average Bonchev–Trinajstić information content (AvgIpc) is 2.89. The fourth-order valence-electron chi connectivity index (χ4n) is 6.66. The second-order valence-electron chi connectivity index (χ2n) is 11.9. The first kappa shape index (κ1) is 27.6. The molecule has 194 valence electrons. The summed E-state index contributed by atoms with van der Waals surface area (Å²) in [6.45, 7) is 5.52. The van der Waals surface area contributed by atoms with E-state index in [9.17, 15) is 0 Å². The van der Waals surface area contributed by atoms with Crippen molar-refractivity contribution in [2.75, 3.05) is 6.61 Å². The van der Waals surface area contributed by atoms with E-state index < -0.39 is 0 Å². The molecule has 1 aromatic rings. The molecule has 0 unspecified atom stereocenters. The van der Waals surface area contributed by atoms with Crippen molar-refractivity contribution in [3.63, 3.8) is 0 Å². The lowest BCUT2D eigenvalue weighted by Crippen LogP contribution is -2.15. The molecule has 0 amide bonds. The van der Waals surface area contributed by atoms with Crippen molar-refractivity contribution in [1.29, 1.82) is 0 Å². The number of unbranched alkanes of at least 4 members (excludes halogenated alkanes) is 4. The predicted octanol–water partition coefficient (Wildman–Crippen LogP) is 10.6. The zero-order valence-electron chi connectivity index (χ0n) is 22.9. The first-order valence-corrected chi connectivity index (χ1v) is 15.5. The van der Waals surface area contributed by atoms with Crippen LogP contribution in [0.1, 0.15) is 141 Å². The van der Waals surface area contributed by atoms with E-state index in [1.165, 1.54) is 134 Å². The lowest BCUT2D eigenvalue weighted by Gasteiger charge is -2.28. The van der Waals surface area contributed by atoms with Crippen molar-refractivity contribution >= 4 is 0 Å². The molecule has 34 heavy (non-hydrogen) atoms. The van der Waals surface area contributed by atoms with Gasteiger partial charge in [-0.3, -0.25) is 0 Å².